The molecule has 0 unspecified atom stereocenters. The predicted molar refractivity (Wildman–Crippen MR) is 85.3 cm³/mol. The predicted octanol–water partition coefficient (Wildman–Crippen LogP) is 3.89. The average molecular weight is 306 g/mol. The van der Waals surface area contributed by atoms with Gasteiger partial charge >= 0.3 is 0 Å². The van der Waals surface area contributed by atoms with Gasteiger partial charge in [-0.2, -0.15) is 4.98 Å². The molecular weight excluding hydrogens is 284 g/mol. The molecule has 2 atom stereocenters. The molecule has 0 aliphatic rings. The van der Waals surface area contributed by atoms with E-state index >= 15 is 0 Å². The number of benzene rings is 1. The summed E-state index contributed by atoms with van der Waals surface area (Å²) in [6, 6.07) is 9.67. The highest BCUT2D eigenvalue weighted by atomic mass is 32.2. The minimum atomic E-state index is -0.483. The molecule has 2 aromatic rings. The molecule has 1 aromatic heterocycles. The average Bonchev–Trinajstić information content (AvgIpc) is 2.95. The number of hydrogen-bond donors (Lipinski definition) is 1. The van der Waals surface area contributed by atoms with E-state index < -0.39 is 6.10 Å². The van der Waals surface area contributed by atoms with E-state index in [0.29, 0.717) is 17.5 Å². The fourth-order valence-electron chi connectivity index (χ4n) is 1.78. The lowest BCUT2D eigenvalue weighted by Gasteiger charge is -2.13. The highest BCUT2D eigenvalue weighted by Gasteiger charge is 2.23. The zero-order valence-electron chi connectivity index (χ0n) is 12.9. The van der Waals surface area contributed by atoms with Crippen LogP contribution in [0.1, 0.15) is 56.3 Å². The zero-order chi connectivity index (χ0) is 15.5. The van der Waals surface area contributed by atoms with Crippen LogP contribution in [0.2, 0.25) is 0 Å². The first kappa shape index (κ1) is 16.0. The summed E-state index contributed by atoms with van der Waals surface area (Å²) in [6.07, 6.45) is -0.483. The first-order valence-corrected chi connectivity index (χ1v) is 8.11. The van der Waals surface area contributed by atoms with E-state index in [1.54, 1.807) is 11.8 Å². The van der Waals surface area contributed by atoms with Crippen molar-refractivity contribution in [1.29, 1.82) is 0 Å². The van der Waals surface area contributed by atoms with Crippen molar-refractivity contribution >= 4 is 11.8 Å². The monoisotopic (exact) mass is 306 g/mol. The Kier molecular flexibility index (Phi) is 5.06. The Morgan fingerprint density at radius 2 is 1.90 bits per heavy atom. The smallest absolute Gasteiger partial charge is 0.239 e. The second kappa shape index (κ2) is 6.62. The van der Waals surface area contributed by atoms with Gasteiger partial charge in [0.25, 0.3) is 0 Å². The van der Waals surface area contributed by atoms with Gasteiger partial charge in [-0.3, -0.25) is 0 Å². The SMILES string of the molecule is C[C@@H](SC[C@H](O)c1ccccc1)c1nc(C(C)(C)C)no1. The second-order valence-electron chi connectivity index (χ2n) is 6.11. The summed E-state index contributed by atoms with van der Waals surface area (Å²) < 4.78 is 5.33. The van der Waals surface area contributed by atoms with Crippen LogP contribution >= 0.6 is 11.8 Å². The number of nitrogens with zero attached hydrogens (tertiary/aromatic N) is 2. The maximum atomic E-state index is 10.2. The molecule has 0 aliphatic heterocycles. The molecule has 0 spiro atoms. The molecule has 1 heterocycles. The highest BCUT2D eigenvalue weighted by Crippen LogP contribution is 2.31. The van der Waals surface area contributed by atoms with E-state index in [9.17, 15) is 5.11 Å². The summed E-state index contributed by atoms with van der Waals surface area (Å²) in [6.45, 7) is 8.18. The van der Waals surface area contributed by atoms with Gasteiger partial charge in [0.15, 0.2) is 5.82 Å². The largest absolute Gasteiger partial charge is 0.388 e. The minimum Gasteiger partial charge on any atom is -0.388 e. The molecule has 21 heavy (non-hydrogen) atoms. The lowest BCUT2D eigenvalue weighted by Crippen LogP contribution is -2.13. The van der Waals surface area contributed by atoms with Gasteiger partial charge in [0, 0.05) is 11.2 Å². The van der Waals surface area contributed by atoms with Gasteiger partial charge in [-0.1, -0.05) is 56.3 Å². The summed E-state index contributed by atoms with van der Waals surface area (Å²) >= 11 is 1.61. The fourth-order valence-corrected chi connectivity index (χ4v) is 2.68. The lowest BCUT2D eigenvalue weighted by molar-refractivity contribution is 0.204. The summed E-state index contributed by atoms with van der Waals surface area (Å²) in [5.41, 5.74) is 0.813. The summed E-state index contributed by atoms with van der Waals surface area (Å²) in [7, 11) is 0. The minimum absolute atomic E-state index is 0.0620. The van der Waals surface area contributed by atoms with Gasteiger partial charge in [-0.05, 0) is 12.5 Å². The van der Waals surface area contributed by atoms with Crippen molar-refractivity contribution < 1.29 is 9.63 Å². The Bertz CT molecular complexity index is 563. The van der Waals surface area contributed by atoms with Gasteiger partial charge in [0.1, 0.15) is 0 Å². The summed E-state index contributed by atoms with van der Waals surface area (Å²) in [4.78, 5) is 4.45. The van der Waals surface area contributed by atoms with Crippen LogP contribution in [0.25, 0.3) is 0 Å². The Balaban J connectivity index is 1.93. The highest BCUT2D eigenvalue weighted by molar-refractivity contribution is 7.99. The van der Waals surface area contributed by atoms with E-state index in [0.717, 1.165) is 5.56 Å². The second-order valence-corrected chi connectivity index (χ2v) is 7.48. The molecule has 0 aliphatic carbocycles. The molecule has 114 valence electrons. The van der Waals surface area contributed by atoms with Crippen LogP contribution in [0.15, 0.2) is 34.9 Å². The topological polar surface area (TPSA) is 59.2 Å². The van der Waals surface area contributed by atoms with E-state index in [4.69, 9.17) is 4.52 Å². The first-order valence-electron chi connectivity index (χ1n) is 7.06. The maximum absolute atomic E-state index is 10.2. The summed E-state index contributed by atoms with van der Waals surface area (Å²) in [5, 5.41) is 14.3. The fraction of sp³-hybridized carbons (Fsp3) is 0.500. The van der Waals surface area contributed by atoms with E-state index in [-0.39, 0.29) is 10.7 Å². The van der Waals surface area contributed by atoms with Crippen molar-refractivity contribution in [2.45, 2.75) is 44.5 Å². The van der Waals surface area contributed by atoms with Crippen molar-refractivity contribution in [2.75, 3.05) is 5.75 Å². The molecule has 0 radical (unpaired) electrons. The lowest BCUT2D eigenvalue weighted by atomic mass is 9.96. The third-order valence-electron chi connectivity index (χ3n) is 3.15. The number of rotatable bonds is 5. The normalized spacial score (nSPS) is 14.9. The molecule has 0 saturated carbocycles. The molecule has 4 nitrogen and oxygen atoms in total. The van der Waals surface area contributed by atoms with E-state index in [2.05, 4.69) is 30.9 Å². The number of hydrogen-bond acceptors (Lipinski definition) is 5. The molecule has 0 bridgehead atoms. The van der Waals surface area contributed by atoms with Crippen molar-refractivity contribution in [3.8, 4) is 0 Å². The van der Waals surface area contributed by atoms with Crippen LogP contribution in [0.4, 0.5) is 0 Å². The molecule has 2 rings (SSSR count). The maximum Gasteiger partial charge on any atom is 0.239 e. The molecule has 5 heteroatoms. The molecule has 1 N–H and O–H groups in total. The third kappa shape index (κ3) is 4.32. The van der Waals surface area contributed by atoms with Gasteiger partial charge in [-0.15, -0.1) is 11.8 Å². The number of aliphatic hydroxyl groups is 1. The van der Waals surface area contributed by atoms with Gasteiger partial charge in [-0.25, -0.2) is 0 Å². The number of aromatic nitrogens is 2. The van der Waals surface area contributed by atoms with Crippen molar-refractivity contribution in [1.82, 2.24) is 10.1 Å². The molecule has 0 saturated heterocycles. The van der Waals surface area contributed by atoms with Crippen LogP contribution in [-0.4, -0.2) is 21.0 Å². The van der Waals surface area contributed by atoms with Gasteiger partial charge in [0.2, 0.25) is 5.89 Å². The standard InChI is InChI=1S/C16H22N2O2S/c1-11(14-17-15(18-20-14)16(2,3)4)21-10-13(19)12-8-6-5-7-9-12/h5-9,11,13,19H,10H2,1-4H3/t11-,13+/m1/s1. The van der Waals surface area contributed by atoms with Crippen molar-refractivity contribution in [2.24, 2.45) is 0 Å². The molecular formula is C16H22N2O2S. The van der Waals surface area contributed by atoms with Crippen LogP contribution in [0.3, 0.4) is 0 Å². The summed E-state index contributed by atoms with van der Waals surface area (Å²) in [5.74, 6) is 1.93. The van der Waals surface area contributed by atoms with Crippen LogP contribution in [0, 0.1) is 0 Å². The van der Waals surface area contributed by atoms with E-state index in [1.165, 1.54) is 0 Å². The van der Waals surface area contributed by atoms with Gasteiger partial charge < -0.3 is 9.63 Å². The van der Waals surface area contributed by atoms with Crippen molar-refractivity contribution in [3.63, 3.8) is 0 Å². The number of thioether (sulfide) groups is 1. The van der Waals surface area contributed by atoms with E-state index in [1.807, 2.05) is 37.3 Å². The quantitative estimate of drug-likeness (QED) is 0.908. The molecule has 1 aromatic carbocycles. The zero-order valence-corrected chi connectivity index (χ0v) is 13.7. The Labute approximate surface area is 130 Å². The van der Waals surface area contributed by atoms with Crippen molar-refractivity contribution in [3.05, 3.63) is 47.6 Å². The third-order valence-corrected chi connectivity index (χ3v) is 4.36. The Hall–Kier alpha value is -1.33. The first-order chi connectivity index (χ1) is 9.88. The van der Waals surface area contributed by atoms with Crippen LogP contribution in [0.5, 0.6) is 0 Å². The number of aliphatic hydroxyl groups excluding tert-OH is 1. The molecule has 0 fully saturated rings. The van der Waals surface area contributed by atoms with Crippen LogP contribution in [-0.2, 0) is 5.41 Å². The van der Waals surface area contributed by atoms with Gasteiger partial charge in [0.05, 0.1) is 11.4 Å². The Morgan fingerprint density at radius 3 is 2.48 bits per heavy atom. The van der Waals surface area contributed by atoms with Crippen LogP contribution < -0.4 is 0 Å². The Morgan fingerprint density at radius 1 is 1.24 bits per heavy atom. The molecule has 0 amide bonds.